The summed E-state index contributed by atoms with van der Waals surface area (Å²) in [5.41, 5.74) is 4.45. The van der Waals surface area contributed by atoms with E-state index in [-0.39, 0.29) is 5.82 Å². The van der Waals surface area contributed by atoms with Crippen LogP contribution in [0.1, 0.15) is 29.2 Å². The van der Waals surface area contributed by atoms with Crippen molar-refractivity contribution in [2.75, 3.05) is 18.5 Å². The number of nitrogens with zero attached hydrogens (tertiary/aromatic N) is 1. The van der Waals surface area contributed by atoms with Crippen molar-refractivity contribution < 1.29 is 9.50 Å². The first-order chi connectivity index (χ1) is 10.1. The van der Waals surface area contributed by atoms with Gasteiger partial charge in [-0.3, -0.25) is 0 Å². The van der Waals surface area contributed by atoms with Gasteiger partial charge >= 0.3 is 0 Å². The number of aliphatic hydroxyl groups is 1. The lowest BCUT2D eigenvalue weighted by Gasteiger charge is -2.28. The zero-order chi connectivity index (χ0) is 14.8. The van der Waals surface area contributed by atoms with Crippen LogP contribution in [0.2, 0.25) is 0 Å². The maximum atomic E-state index is 12.9. The number of rotatable bonds is 3. The van der Waals surface area contributed by atoms with Crippen LogP contribution in [-0.2, 0) is 12.8 Å². The van der Waals surface area contributed by atoms with Gasteiger partial charge in [-0.25, -0.2) is 4.39 Å². The molecule has 0 fully saturated rings. The van der Waals surface area contributed by atoms with Gasteiger partial charge in [0.15, 0.2) is 0 Å². The smallest absolute Gasteiger partial charge is 0.123 e. The van der Waals surface area contributed by atoms with Crippen LogP contribution in [0.15, 0.2) is 42.5 Å². The lowest BCUT2D eigenvalue weighted by atomic mass is 9.95. The summed E-state index contributed by atoms with van der Waals surface area (Å²) >= 11 is 0. The first-order valence-electron chi connectivity index (χ1n) is 7.40. The van der Waals surface area contributed by atoms with Gasteiger partial charge in [0.2, 0.25) is 0 Å². The largest absolute Gasteiger partial charge is 0.388 e. The highest BCUT2D eigenvalue weighted by atomic mass is 19.1. The number of hydrogen-bond acceptors (Lipinski definition) is 2. The SMILES string of the molecule is CN1CCCc2cc(C(O)Cc3ccc(F)cc3)ccc21. The molecule has 1 atom stereocenters. The normalized spacial score (nSPS) is 15.7. The van der Waals surface area contributed by atoms with Crippen molar-refractivity contribution in [2.24, 2.45) is 0 Å². The maximum Gasteiger partial charge on any atom is 0.123 e. The Balaban J connectivity index is 1.78. The first-order valence-corrected chi connectivity index (χ1v) is 7.40. The van der Waals surface area contributed by atoms with E-state index in [1.165, 1.54) is 23.4 Å². The highest BCUT2D eigenvalue weighted by molar-refractivity contribution is 5.56. The minimum absolute atomic E-state index is 0.245. The van der Waals surface area contributed by atoms with Crippen molar-refractivity contribution in [3.63, 3.8) is 0 Å². The minimum atomic E-state index is -0.548. The number of aryl methyl sites for hydroxylation is 1. The molecule has 2 aromatic carbocycles. The summed E-state index contributed by atoms with van der Waals surface area (Å²) in [4.78, 5) is 2.26. The number of anilines is 1. The Bertz CT molecular complexity index is 624. The average Bonchev–Trinajstić information content (AvgIpc) is 2.49. The average molecular weight is 285 g/mol. The molecule has 3 rings (SSSR count). The van der Waals surface area contributed by atoms with Crippen LogP contribution in [0.3, 0.4) is 0 Å². The third-order valence-electron chi connectivity index (χ3n) is 4.18. The van der Waals surface area contributed by atoms with Crippen molar-refractivity contribution in [3.8, 4) is 0 Å². The second-order valence-electron chi connectivity index (χ2n) is 5.76. The number of benzene rings is 2. The quantitative estimate of drug-likeness (QED) is 0.933. The zero-order valence-corrected chi connectivity index (χ0v) is 12.2. The van der Waals surface area contributed by atoms with Crippen LogP contribution in [0.25, 0.3) is 0 Å². The molecular formula is C18H20FNO. The number of halogens is 1. The van der Waals surface area contributed by atoms with Gasteiger partial charge in [-0.2, -0.15) is 0 Å². The van der Waals surface area contributed by atoms with Gasteiger partial charge in [0.05, 0.1) is 6.10 Å². The van der Waals surface area contributed by atoms with E-state index in [9.17, 15) is 9.50 Å². The standard InChI is InChI=1S/C18H20FNO/c1-20-10-2-3-14-12-15(6-9-17(14)20)18(21)11-13-4-7-16(19)8-5-13/h4-9,12,18,21H,2-3,10-11H2,1H3. The Morgan fingerprint density at radius 3 is 2.71 bits per heavy atom. The molecule has 0 saturated carbocycles. The Morgan fingerprint density at radius 2 is 1.95 bits per heavy atom. The molecule has 1 heterocycles. The summed E-state index contributed by atoms with van der Waals surface area (Å²) in [5.74, 6) is -0.245. The van der Waals surface area contributed by atoms with E-state index in [0.717, 1.165) is 30.5 Å². The molecule has 0 radical (unpaired) electrons. The van der Waals surface area contributed by atoms with Crippen molar-refractivity contribution in [1.29, 1.82) is 0 Å². The lowest BCUT2D eigenvalue weighted by molar-refractivity contribution is 0.178. The fraction of sp³-hybridized carbons (Fsp3) is 0.333. The summed E-state index contributed by atoms with van der Waals surface area (Å²) in [6.07, 6.45) is 2.18. The summed E-state index contributed by atoms with van der Waals surface area (Å²) in [7, 11) is 2.10. The molecule has 110 valence electrons. The van der Waals surface area contributed by atoms with Crippen LogP contribution in [-0.4, -0.2) is 18.7 Å². The summed E-state index contributed by atoms with van der Waals surface area (Å²) in [6, 6.07) is 12.5. The molecule has 0 bridgehead atoms. The molecule has 1 aliphatic heterocycles. The topological polar surface area (TPSA) is 23.5 Å². The minimum Gasteiger partial charge on any atom is -0.388 e. The molecule has 0 saturated heterocycles. The van der Waals surface area contributed by atoms with Crippen molar-refractivity contribution in [2.45, 2.75) is 25.4 Å². The van der Waals surface area contributed by atoms with Crippen LogP contribution in [0.5, 0.6) is 0 Å². The molecule has 1 unspecified atom stereocenters. The van der Waals surface area contributed by atoms with Crippen LogP contribution in [0, 0.1) is 5.82 Å². The molecule has 1 aliphatic rings. The van der Waals surface area contributed by atoms with E-state index in [4.69, 9.17) is 0 Å². The van der Waals surface area contributed by atoms with Gasteiger partial charge in [-0.15, -0.1) is 0 Å². The molecule has 2 aromatic rings. The van der Waals surface area contributed by atoms with Gasteiger partial charge in [0.25, 0.3) is 0 Å². The summed E-state index contributed by atoms with van der Waals surface area (Å²) in [6.45, 7) is 1.09. The van der Waals surface area contributed by atoms with Gasteiger partial charge in [-0.1, -0.05) is 24.3 Å². The monoisotopic (exact) mass is 285 g/mol. The van der Waals surface area contributed by atoms with E-state index in [0.29, 0.717) is 6.42 Å². The maximum absolute atomic E-state index is 12.9. The molecule has 0 aliphatic carbocycles. The van der Waals surface area contributed by atoms with Crippen LogP contribution in [0.4, 0.5) is 10.1 Å². The zero-order valence-electron chi connectivity index (χ0n) is 12.2. The second kappa shape index (κ2) is 5.86. The fourth-order valence-electron chi connectivity index (χ4n) is 2.97. The molecule has 2 nitrogen and oxygen atoms in total. The molecule has 0 spiro atoms. The molecule has 1 N–H and O–H groups in total. The third kappa shape index (κ3) is 3.08. The van der Waals surface area contributed by atoms with Gasteiger partial charge in [0, 0.05) is 25.7 Å². The van der Waals surface area contributed by atoms with E-state index in [2.05, 4.69) is 24.1 Å². The van der Waals surface area contributed by atoms with E-state index in [1.807, 2.05) is 6.07 Å². The Kier molecular flexibility index (Phi) is 3.93. The second-order valence-corrected chi connectivity index (χ2v) is 5.76. The number of fused-ring (bicyclic) bond motifs is 1. The third-order valence-corrected chi connectivity index (χ3v) is 4.18. The van der Waals surface area contributed by atoms with Gasteiger partial charge < -0.3 is 10.0 Å². The van der Waals surface area contributed by atoms with E-state index in [1.54, 1.807) is 12.1 Å². The van der Waals surface area contributed by atoms with Gasteiger partial charge in [-0.05, 0) is 47.7 Å². The summed E-state index contributed by atoms with van der Waals surface area (Å²) < 4.78 is 12.9. The molecule has 21 heavy (non-hydrogen) atoms. The Hall–Kier alpha value is -1.87. The molecular weight excluding hydrogens is 265 g/mol. The number of aliphatic hydroxyl groups excluding tert-OH is 1. The van der Waals surface area contributed by atoms with Crippen molar-refractivity contribution in [3.05, 3.63) is 65.0 Å². The lowest BCUT2D eigenvalue weighted by Crippen LogP contribution is -2.24. The van der Waals surface area contributed by atoms with Gasteiger partial charge in [0.1, 0.15) is 5.82 Å². The number of hydrogen-bond donors (Lipinski definition) is 1. The van der Waals surface area contributed by atoms with Crippen LogP contribution >= 0.6 is 0 Å². The predicted octanol–water partition coefficient (Wildman–Crippen LogP) is 3.48. The van der Waals surface area contributed by atoms with E-state index < -0.39 is 6.10 Å². The van der Waals surface area contributed by atoms with Crippen LogP contribution < -0.4 is 4.90 Å². The predicted molar refractivity (Wildman–Crippen MR) is 83.1 cm³/mol. The molecule has 0 amide bonds. The first kappa shape index (κ1) is 14.1. The van der Waals surface area contributed by atoms with E-state index >= 15 is 0 Å². The summed E-state index contributed by atoms with van der Waals surface area (Å²) in [5, 5.41) is 10.4. The molecule has 3 heteroatoms. The highest BCUT2D eigenvalue weighted by Gasteiger charge is 2.16. The molecule has 0 aromatic heterocycles. The highest BCUT2D eigenvalue weighted by Crippen LogP contribution is 2.29. The Morgan fingerprint density at radius 1 is 1.19 bits per heavy atom. The van der Waals surface area contributed by atoms with Crippen molar-refractivity contribution >= 4 is 5.69 Å². The van der Waals surface area contributed by atoms with Crippen molar-refractivity contribution in [1.82, 2.24) is 0 Å². The fourth-order valence-corrected chi connectivity index (χ4v) is 2.97. The Labute approximate surface area is 124 Å².